The van der Waals surface area contributed by atoms with E-state index in [0.29, 0.717) is 17.9 Å². The number of halogens is 4. The Labute approximate surface area is 244 Å². The Hall–Kier alpha value is -3.50. The zero-order chi connectivity index (χ0) is 25.2. The summed E-state index contributed by atoms with van der Waals surface area (Å²) < 4.78 is 15.3. The van der Waals surface area contributed by atoms with Crippen LogP contribution in [0.5, 0.6) is 0 Å². The summed E-state index contributed by atoms with van der Waals surface area (Å²) in [7, 11) is 5.75. The Morgan fingerprint density at radius 3 is 2.28 bits per heavy atom. The van der Waals surface area contributed by atoms with Gasteiger partial charge in [0.1, 0.15) is 18.0 Å². The molecule has 0 atom stereocenters. The van der Waals surface area contributed by atoms with Gasteiger partial charge in [-0.25, -0.2) is 14.4 Å². The third kappa shape index (κ3) is 6.75. The second-order valence-corrected chi connectivity index (χ2v) is 8.92. The molecular formula is C27H29Cl3FN7O. The van der Waals surface area contributed by atoms with Crippen LogP contribution in [0.25, 0.3) is 39.2 Å². The zero-order valence-corrected chi connectivity index (χ0v) is 24.0. The molecule has 0 fully saturated rings. The van der Waals surface area contributed by atoms with Gasteiger partial charge in [0.15, 0.2) is 0 Å². The smallest absolute Gasteiger partial charge is 0.255 e. The van der Waals surface area contributed by atoms with E-state index in [1.54, 1.807) is 48.9 Å². The van der Waals surface area contributed by atoms with Crippen molar-refractivity contribution in [2.75, 3.05) is 34.2 Å². The van der Waals surface area contributed by atoms with Crippen LogP contribution in [0.1, 0.15) is 10.4 Å². The van der Waals surface area contributed by atoms with E-state index in [9.17, 15) is 9.18 Å². The number of hydrogen-bond donors (Lipinski definition) is 1. The van der Waals surface area contributed by atoms with Gasteiger partial charge in [0, 0.05) is 37.5 Å². The van der Waals surface area contributed by atoms with Gasteiger partial charge < -0.3 is 9.80 Å². The molecule has 0 saturated carbocycles. The highest BCUT2D eigenvalue weighted by Crippen LogP contribution is 2.32. The largest absolute Gasteiger partial charge is 0.340 e. The van der Waals surface area contributed by atoms with Crippen molar-refractivity contribution in [1.82, 2.24) is 34.5 Å². The van der Waals surface area contributed by atoms with Gasteiger partial charge in [-0.05, 0) is 68.2 Å². The van der Waals surface area contributed by atoms with Gasteiger partial charge in [-0.2, -0.15) is 5.10 Å². The molecule has 0 radical (unpaired) electrons. The summed E-state index contributed by atoms with van der Waals surface area (Å²) in [4.78, 5) is 25.5. The number of nitrogens with zero attached hydrogens (tertiary/aromatic N) is 6. The molecule has 3 aromatic heterocycles. The fourth-order valence-electron chi connectivity index (χ4n) is 4.03. The number of amides is 1. The molecular weight excluding hydrogens is 564 g/mol. The van der Waals surface area contributed by atoms with E-state index in [0.717, 1.165) is 40.0 Å². The van der Waals surface area contributed by atoms with Gasteiger partial charge in [-0.1, -0.05) is 6.07 Å². The quantitative estimate of drug-likeness (QED) is 0.269. The van der Waals surface area contributed by atoms with Crippen LogP contribution in [0, 0.1) is 5.82 Å². The maximum absolute atomic E-state index is 13.4. The summed E-state index contributed by atoms with van der Waals surface area (Å²) in [5.74, 6) is 0.306. The first kappa shape index (κ1) is 31.7. The molecule has 0 aliphatic rings. The van der Waals surface area contributed by atoms with E-state index in [1.165, 1.54) is 12.1 Å². The molecule has 0 aliphatic carbocycles. The second kappa shape index (κ2) is 13.5. The van der Waals surface area contributed by atoms with Crippen molar-refractivity contribution in [3.8, 4) is 28.2 Å². The van der Waals surface area contributed by atoms with Crippen molar-refractivity contribution in [3.05, 3.63) is 84.7 Å². The molecule has 5 aromatic rings. The third-order valence-corrected chi connectivity index (χ3v) is 6.10. The molecule has 5 rings (SSSR count). The molecule has 206 valence electrons. The van der Waals surface area contributed by atoms with Gasteiger partial charge in [0.2, 0.25) is 0 Å². The molecule has 1 N–H and O–H groups in total. The van der Waals surface area contributed by atoms with Crippen molar-refractivity contribution >= 4 is 54.2 Å². The fraction of sp³-hybridized carbons (Fsp3) is 0.185. The third-order valence-electron chi connectivity index (χ3n) is 6.10. The normalized spacial score (nSPS) is 10.5. The average molecular weight is 593 g/mol. The van der Waals surface area contributed by atoms with Gasteiger partial charge >= 0.3 is 0 Å². The monoisotopic (exact) mass is 591 g/mol. The highest BCUT2D eigenvalue weighted by atomic mass is 35.5. The van der Waals surface area contributed by atoms with Crippen LogP contribution in [0.4, 0.5) is 4.39 Å². The van der Waals surface area contributed by atoms with Crippen LogP contribution in [0.15, 0.2) is 73.3 Å². The first-order valence-corrected chi connectivity index (χ1v) is 11.5. The Morgan fingerprint density at radius 2 is 1.62 bits per heavy atom. The molecule has 0 spiro atoms. The number of fused-ring (bicyclic) bond motifs is 1. The number of aromatic nitrogens is 5. The van der Waals surface area contributed by atoms with Gasteiger partial charge in [0.05, 0.1) is 28.5 Å². The van der Waals surface area contributed by atoms with E-state index in [1.807, 2.05) is 47.8 Å². The van der Waals surface area contributed by atoms with E-state index in [2.05, 4.69) is 20.2 Å². The summed E-state index contributed by atoms with van der Waals surface area (Å²) in [6.45, 7) is 1.42. The summed E-state index contributed by atoms with van der Waals surface area (Å²) in [6, 6.07) is 15.9. The van der Waals surface area contributed by atoms with E-state index in [4.69, 9.17) is 0 Å². The number of carbonyl (C=O) groups is 1. The van der Waals surface area contributed by atoms with Crippen molar-refractivity contribution in [3.63, 3.8) is 0 Å². The summed E-state index contributed by atoms with van der Waals surface area (Å²) in [6.07, 6.45) is 5.08. The summed E-state index contributed by atoms with van der Waals surface area (Å²) in [5, 5.41) is 7.24. The van der Waals surface area contributed by atoms with Crippen molar-refractivity contribution in [2.45, 2.75) is 0 Å². The Bertz CT molecular complexity index is 1520. The second-order valence-electron chi connectivity index (χ2n) is 8.92. The first-order chi connectivity index (χ1) is 17.4. The van der Waals surface area contributed by atoms with Crippen LogP contribution < -0.4 is 0 Å². The van der Waals surface area contributed by atoms with Crippen LogP contribution in [0.3, 0.4) is 0 Å². The number of H-pyrrole nitrogens is 1. The number of rotatable bonds is 7. The topological polar surface area (TPSA) is 82.9 Å². The van der Waals surface area contributed by atoms with Crippen LogP contribution in [-0.4, -0.2) is 74.7 Å². The lowest BCUT2D eigenvalue weighted by Gasteiger charge is -2.19. The SMILES string of the molecule is CN(C)CCN(C)C(=O)c1ccc(-n2cnc3ccc(-c4cn[nH]c4-c4ccc(F)cc4)cc32)nc1.Cl.Cl.Cl. The number of hydrogen-bond acceptors (Lipinski definition) is 5. The average Bonchev–Trinajstić information content (AvgIpc) is 3.54. The minimum absolute atomic E-state index is 0. The molecule has 0 unspecified atom stereocenters. The minimum atomic E-state index is -0.287. The molecule has 2 aromatic carbocycles. The standard InChI is InChI=1S/C27H26FN7O.3ClH/c1-33(2)12-13-34(3)27(36)20-7-11-25(29-15-20)35-17-30-23-10-6-19(14-24(23)35)22-16-31-32-26(22)18-4-8-21(28)9-5-18;;;/h4-11,14-17H,12-13H2,1-3H3,(H,31,32);3*1H. The minimum Gasteiger partial charge on any atom is -0.340 e. The number of likely N-dealkylation sites (N-methyl/N-ethyl adjacent to an activating group) is 2. The number of carbonyl (C=O) groups excluding carboxylic acids is 1. The van der Waals surface area contributed by atoms with Gasteiger partial charge in [-0.15, -0.1) is 37.2 Å². The maximum atomic E-state index is 13.4. The zero-order valence-electron chi connectivity index (χ0n) is 21.5. The molecule has 3 heterocycles. The first-order valence-electron chi connectivity index (χ1n) is 11.5. The number of pyridine rings is 1. The molecule has 39 heavy (non-hydrogen) atoms. The number of nitrogens with one attached hydrogen (secondary N) is 1. The molecule has 0 saturated heterocycles. The van der Waals surface area contributed by atoms with Crippen molar-refractivity contribution < 1.29 is 9.18 Å². The summed E-state index contributed by atoms with van der Waals surface area (Å²) >= 11 is 0. The Morgan fingerprint density at radius 1 is 0.897 bits per heavy atom. The van der Waals surface area contributed by atoms with Crippen LogP contribution in [0.2, 0.25) is 0 Å². The van der Waals surface area contributed by atoms with Crippen molar-refractivity contribution in [2.24, 2.45) is 0 Å². The molecule has 0 aliphatic heterocycles. The maximum Gasteiger partial charge on any atom is 0.255 e. The number of benzene rings is 2. The lowest BCUT2D eigenvalue weighted by molar-refractivity contribution is 0.0786. The van der Waals surface area contributed by atoms with Crippen molar-refractivity contribution in [1.29, 1.82) is 0 Å². The van der Waals surface area contributed by atoms with Gasteiger partial charge in [0.25, 0.3) is 5.91 Å². The number of aromatic amines is 1. The predicted octanol–water partition coefficient (Wildman–Crippen LogP) is 5.52. The Balaban J connectivity index is 0.00000178. The molecule has 12 heteroatoms. The lowest BCUT2D eigenvalue weighted by atomic mass is 10.0. The molecule has 0 bridgehead atoms. The molecule has 8 nitrogen and oxygen atoms in total. The summed E-state index contributed by atoms with van der Waals surface area (Å²) in [5.41, 5.74) is 5.70. The fourth-order valence-corrected chi connectivity index (χ4v) is 4.03. The predicted molar refractivity (Wildman–Crippen MR) is 159 cm³/mol. The van der Waals surface area contributed by atoms with Gasteiger partial charge in [-0.3, -0.25) is 14.5 Å². The highest BCUT2D eigenvalue weighted by molar-refractivity contribution is 5.94. The lowest BCUT2D eigenvalue weighted by Crippen LogP contribution is -2.33. The van der Waals surface area contributed by atoms with Crippen LogP contribution in [-0.2, 0) is 0 Å². The highest BCUT2D eigenvalue weighted by Gasteiger charge is 2.15. The Kier molecular flexibility index (Phi) is 11.0. The van der Waals surface area contributed by atoms with E-state index < -0.39 is 0 Å². The van der Waals surface area contributed by atoms with E-state index >= 15 is 0 Å². The molecule has 1 amide bonds. The number of imidazole rings is 1. The van der Waals surface area contributed by atoms with Crippen LogP contribution >= 0.6 is 37.2 Å². The van der Waals surface area contributed by atoms with E-state index in [-0.39, 0.29) is 48.9 Å².